The number of hydrogen-bond acceptors (Lipinski definition) is 4. The van der Waals surface area contributed by atoms with Crippen LogP contribution < -0.4 is 0 Å². The first-order valence-corrected chi connectivity index (χ1v) is 9.42. The van der Waals surface area contributed by atoms with E-state index in [-0.39, 0.29) is 17.9 Å². The molecule has 2 heterocycles. The number of benzene rings is 2. The molecule has 1 atom stereocenters. The van der Waals surface area contributed by atoms with Gasteiger partial charge in [0.05, 0.1) is 11.6 Å². The first-order valence-electron chi connectivity index (χ1n) is 9.04. The Morgan fingerprint density at radius 2 is 1.72 bits per heavy atom. The summed E-state index contributed by atoms with van der Waals surface area (Å²) in [6.45, 7) is 0.232. The van der Waals surface area contributed by atoms with E-state index in [1.165, 1.54) is 17.3 Å². The highest BCUT2D eigenvalue weighted by Crippen LogP contribution is 2.40. The molecule has 0 aliphatic carbocycles. The number of rotatable bonds is 4. The van der Waals surface area contributed by atoms with Crippen LogP contribution in [0.4, 0.5) is 0 Å². The molecule has 6 heteroatoms. The molecule has 0 spiro atoms. The van der Waals surface area contributed by atoms with E-state index in [2.05, 4.69) is 4.98 Å². The van der Waals surface area contributed by atoms with Crippen LogP contribution in [-0.4, -0.2) is 26.7 Å². The molecule has 4 rings (SSSR count). The Hall–Kier alpha value is -3.44. The molecular formula is C23H17ClN2O3. The second-order valence-corrected chi connectivity index (χ2v) is 7.14. The van der Waals surface area contributed by atoms with Crippen molar-refractivity contribution >= 4 is 29.1 Å². The molecule has 1 aromatic heterocycles. The first kappa shape index (κ1) is 18.9. The number of ketones is 1. The molecule has 2 aromatic carbocycles. The minimum absolute atomic E-state index is 0.0411. The van der Waals surface area contributed by atoms with Crippen LogP contribution in [0.25, 0.3) is 5.76 Å². The fourth-order valence-corrected chi connectivity index (χ4v) is 3.71. The van der Waals surface area contributed by atoms with Gasteiger partial charge in [-0.3, -0.25) is 14.6 Å². The number of pyridine rings is 1. The fourth-order valence-electron chi connectivity index (χ4n) is 3.51. The lowest BCUT2D eigenvalue weighted by atomic mass is 9.95. The molecular weight excluding hydrogens is 388 g/mol. The minimum atomic E-state index is -0.748. The number of likely N-dealkylation sites (tertiary alicyclic amines) is 1. The van der Waals surface area contributed by atoms with Crippen LogP contribution in [-0.2, 0) is 16.1 Å². The molecule has 0 saturated carbocycles. The van der Waals surface area contributed by atoms with E-state index in [0.29, 0.717) is 16.1 Å². The average molecular weight is 405 g/mol. The summed E-state index contributed by atoms with van der Waals surface area (Å²) in [5, 5.41) is 11.4. The Bertz CT molecular complexity index is 1100. The zero-order valence-corrected chi connectivity index (χ0v) is 16.1. The van der Waals surface area contributed by atoms with Gasteiger partial charge in [0.25, 0.3) is 11.7 Å². The van der Waals surface area contributed by atoms with Gasteiger partial charge >= 0.3 is 0 Å². The van der Waals surface area contributed by atoms with Crippen LogP contribution in [0.1, 0.15) is 22.7 Å². The fraction of sp³-hybridized carbons (Fsp3) is 0.0870. The van der Waals surface area contributed by atoms with Crippen molar-refractivity contribution in [2.75, 3.05) is 0 Å². The first-order chi connectivity index (χ1) is 14.1. The molecule has 1 unspecified atom stereocenters. The summed E-state index contributed by atoms with van der Waals surface area (Å²) in [6.07, 6.45) is 3.03. The summed E-state index contributed by atoms with van der Waals surface area (Å²) in [6, 6.07) is 18.8. The summed E-state index contributed by atoms with van der Waals surface area (Å²) < 4.78 is 0. The molecule has 1 amide bonds. The van der Waals surface area contributed by atoms with Gasteiger partial charge in [0.15, 0.2) is 0 Å². The second-order valence-electron chi connectivity index (χ2n) is 6.70. The lowest BCUT2D eigenvalue weighted by molar-refractivity contribution is -0.140. The molecule has 0 radical (unpaired) electrons. The third-order valence-electron chi connectivity index (χ3n) is 4.85. The van der Waals surface area contributed by atoms with E-state index >= 15 is 0 Å². The van der Waals surface area contributed by atoms with Gasteiger partial charge < -0.3 is 10.0 Å². The molecule has 5 nitrogen and oxygen atoms in total. The van der Waals surface area contributed by atoms with Crippen LogP contribution >= 0.6 is 11.6 Å². The predicted molar refractivity (Wildman–Crippen MR) is 110 cm³/mol. The van der Waals surface area contributed by atoms with Gasteiger partial charge in [-0.25, -0.2) is 0 Å². The number of aliphatic hydroxyl groups is 1. The summed E-state index contributed by atoms with van der Waals surface area (Å²) in [5.74, 6) is -1.61. The van der Waals surface area contributed by atoms with Crippen molar-refractivity contribution in [3.05, 3.63) is 106 Å². The van der Waals surface area contributed by atoms with Crippen molar-refractivity contribution in [1.29, 1.82) is 0 Å². The standard InChI is InChI=1S/C23H17ClN2O3/c24-18-8-4-7-17(13-18)20-19(21(27)16-9-11-25-12-10-16)22(28)23(29)26(20)14-15-5-2-1-3-6-15/h1-13,20,27H,14H2/b21-19+. The molecule has 1 fully saturated rings. The van der Waals surface area contributed by atoms with Gasteiger partial charge in [-0.15, -0.1) is 0 Å². The van der Waals surface area contributed by atoms with E-state index in [1.807, 2.05) is 30.3 Å². The van der Waals surface area contributed by atoms with Gasteiger partial charge in [-0.05, 0) is 35.4 Å². The molecule has 144 valence electrons. The second kappa shape index (κ2) is 7.89. The normalized spacial score (nSPS) is 18.2. The smallest absolute Gasteiger partial charge is 0.295 e. The van der Waals surface area contributed by atoms with Gasteiger partial charge in [-0.2, -0.15) is 0 Å². The maximum Gasteiger partial charge on any atom is 0.295 e. The van der Waals surface area contributed by atoms with Crippen molar-refractivity contribution in [3.8, 4) is 0 Å². The van der Waals surface area contributed by atoms with Crippen LogP contribution in [0, 0.1) is 0 Å². The summed E-state index contributed by atoms with van der Waals surface area (Å²) in [5.41, 5.74) is 2.00. The van der Waals surface area contributed by atoms with E-state index in [0.717, 1.165) is 5.56 Å². The summed E-state index contributed by atoms with van der Waals surface area (Å²) in [7, 11) is 0. The summed E-state index contributed by atoms with van der Waals surface area (Å²) >= 11 is 6.17. The third kappa shape index (κ3) is 3.65. The van der Waals surface area contributed by atoms with E-state index in [1.54, 1.807) is 36.4 Å². The highest BCUT2D eigenvalue weighted by atomic mass is 35.5. The topological polar surface area (TPSA) is 70.5 Å². The number of aliphatic hydroxyl groups excluding tert-OH is 1. The Labute approximate surface area is 172 Å². The number of Topliss-reactive ketones (excluding diaryl/α,β-unsaturated/α-hetero) is 1. The number of nitrogens with zero attached hydrogens (tertiary/aromatic N) is 2. The van der Waals surface area contributed by atoms with Crippen LogP contribution in [0.3, 0.4) is 0 Å². The van der Waals surface area contributed by atoms with Gasteiger partial charge in [0, 0.05) is 29.5 Å². The Morgan fingerprint density at radius 1 is 1.00 bits per heavy atom. The molecule has 3 aromatic rings. The maximum atomic E-state index is 12.9. The molecule has 0 bridgehead atoms. The molecule has 1 N–H and O–H groups in total. The number of hydrogen-bond donors (Lipinski definition) is 1. The Balaban J connectivity index is 1.87. The van der Waals surface area contributed by atoms with E-state index in [9.17, 15) is 14.7 Å². The van der Waals surface area contributed by atoms with Crippen LogP contribution in [0.15, 0.2) is 84.7 Å². The number of halogens is 1. The Morgan fingerprint density at radius 3 is 2.41 bits per heavy atom. The lowest BCUT2D eigenvalue weighted by Gasteiger charge is -2.25. The van der Waals surface area contributed by atoms with Crippen molar-refractivity contribution < 1.29 is 14.7 Å². The number of amides is 1. The summed E-state index contributed by atoms with van der Waals surface area (Å²) in [4.78, 5) is 31.2. The molecule has 1 saturated heterocycles. The van der Waals surface area contributed by atoms with Crippen molar-refractivity contribution in [2.24, 2.45) is 0 Å². The van der Waals surface area contributed by atoms with Gasteiger partial charge in [0.2, 0.25) is 0 Å². The van der Waals surface area contributed by atoms with Crippen LogP contribution in [0.5, 0.6) is 0 Å². The van der Waals surface area contributed by atoms with E-state index < -0.39 is 17.7 Å². The van der Waals surface area contributed by atoms with Gasteiger partial charge in [0.1, 0.15) is 5.76 Å². The largest absolute Gasteiger partial charge is 0.507 e. The number of carbonyl (C=O) groups is 2. The average Bonchev–Trinajstić information content (AvgIpc) is 2.99. The molecule has 29 heavy (non-hydrogen) atoms. The monoisotopic (exact) mass is 404 g/mol. The number of carbonyl (C=O) groups excluding carboxylic acids is 2. The highest BCUT2D eigenvalue weighted by Gasteiger charge is 2.46. The minimum Gasteiger partial charge on any atom is -0.507 e. The molecule has 1 aliphatic heterocycles. The van der Waals surface area contributed by atoms with Crippen molar-refractivity contribution in [2.45, 2.75) is 12.6 Å². The Kier molecular flexibility index (Phi) is 5.14. The zero-order chi connectivity index (χ0) is 20.4. The SMILES string of the molecule is O=C1C(=O)N(Cc2ccccc2)C(c2cccc(Cl)c2)/C1=C(\O)c1ccncc1. The zero-order valence-electron chi connectivity index (χ0n) is 15.3. The van der Waals surface area contributed by atoms with Crippen molar-refractivity contribution in [3.63, 3.8) is 0 Å². The molecule has 1 aliphatic rings. The van der Waals surface area contributed by atoms with Crippen LogP contribution in [0.2, 0.25) is 5.02 Å². The number of aromatic nitrogens is 1. The third-order valence-corrected chi connectivity index (χ3v) is 5.09. The quantitative estimate of drug-likeness (QED) is 0.398. The lowest BCUT2D eigenvalue weighted by Crippen LogP contribution is -2.29. The van der Waals surface area contributed by atoms with Crippen molar-refractivity contribution in [1.82, 2.24) is 9.88 Å². The van der Waals surface area contributed by atoms with E-state index in [4.69, 9.17) is 11.6 Å². The maximum absolute atomic E-state index is 12.9. The van der Waals surface area contributed by atoms with Gasteiger partial charge in [-0.1, -0.05) is 54.1 Å². The predicted octanol–water partition coefficient (Wildman–Crippen LogP) is 4.36. The highest BCUT2D eigenvalue weighted by molar-refractivity contribution is 6.46.